The molecule has 128 valence electrons. The van der Waals surface area contributed by atoms with Gasteiger partial charge in [-0.25, -0.2) is 14.4 Å². The third kappa shape index (κ3) is 3.25. The first-order valence-corrected chi connectivity index (χ1v) is 8.16. The zero-order valence-corrected chi connectivity index (χ0v) is 13.9. The van der Waals surface area contributed by atoms with E-state index in [0.717, 1.165) is 24.2 Å². The molecule has 0 unspecified atom stereocenters. The third-order valence-electron chi connectivity index (χ3n) is 4.40. The van der Waals surface area contributed by atoms with E-state index in [2.05, 4.69) is 14.9 Å². The van der Waals surface area contributed by atoms with Crippen LogP contribution in [0.2, 0.25) is 0 Å². The van der Waals surface area contributed by atoms with Gasteiger partial charge in [0.1, 0.15) is 11.6 Å². The summed E-state index contributed by atoms with van der Waals surface area (Å²) in [5.74, 6) is 1.73. The van der Waals surface area contributed by atoms with E-state index >= 15 is 0 Å². The number of fused-ring (bicyclic) bond motifs is 1. The van der Waals surface area contributed by atoms with E-state index in [-0.39, 0.29) is 5.82 Å². The number of hydrogen-bond donors (Lipinski definition) is 0. The van der Waals surface area contributed by atoms with E-state index in [1.807, 2.05) is 18.3 Å². The van der Waals surface area contributed by atoms with Crippen molar-refractivity contribution >= 4 is 0 Å². The molecule has 0 fully saturated rings. The number of rotatable bonds is 4. The molecule has 1 aliphatic rings. The van der Waals surface area contributed by atoms with Gasteiger partial charge in [0.2, 0.25) is 0 Å². The number of ether oxygens (including phenoxy) is 1. The van der Waals surface area contributed by atoms with E-state index in [4.69, 9.17) is 9.15 Å². The first-order chi connectivity index (χ1) is 12.2. The van der Waals surface area contributed by atoms with Crippen molar-refractivity contribution in [1.29, 1.82) is 0 Å². The summed E-state index contributed by atoms with van der Waals surface area (Å²) in [5, 5.41) is 0. The van der Waals surface area contributed by atoms with Gasteiger partial charge in [-0.1, -0.05) is 0 Å². The summed E-state index contributed by atoms with van der Waals surface area (Å²) >= 11 is 0. The molecule has 3 aromatic rings. The Morgan fingerprint density at radius 2 is 2.24 bits per heavy atom. The van der Waals surface area contributed by atoms with Gasteiger partial charge >= 0.3 is 0 Å². The van der Waals surface area contributed by atoms with Crippen molar-refractivity contribution in [1.82, 2.24) is 14.9 Å². The SMILES string of the molecule is COc1ccc(F)c(CN2CCc3nc(-c4ccco4)ncc3C2)c1. The van der Waals surface area contributed by atoms with Gasteiger partial charge < -0.3 is 9.15 Å². The Kier molecular flexibility index (Phi) is 4.19. The number of furan rings is 1. The highest BCUT2D eigenvalue weighted by Gasteiger charge is 2.20. The summed E-state index contributed by atoms with van der Waals surface area (Å²) in [6.07, 6.45) is 4.26. The van der Waals surface area contributed by atoms with Crippen LogP contribution in [0, 0.1) is 5.82 Å². The highest BCUT2D eigenvalue weighted by atomic mass is 19.1. The Bertz CT molecular complexity index is 880. The fourth-order valence-corrected chi connectivity index (χ4v) is 3.07. The van der Waals surface area contributed by atoms with Crippen LogP contribution in [0.4, 0.5) is 4.39 Å². The fourth-order valence-electron chi connectivity index (χ4n) is 3.07. The van der Waals surface area contributed by atoms with E-state index in [1.165, 1.54) is 6.07 Å². The predicted octanol–water partition coefficient (Wildman–Crippen LogP) is 3.44. The van der Waals surface area contributed by atoms with Crippen LogP contribution in [-0.2, 0) is 19.5 Å². The fraction of sp³-hybridized carbons (Fsp3) is 0.263. The molecule has 0 saturated carbocycles. The summed E-state index contributed by atoms with van der Waals surface area (Å²) < 4.78 is 24.6. The van der Waals surface area contributed by atoms with Crippen molar-refractivity contribution in [2.75, 3.05) is 13.7 Å². The molecule has 0 aliphatic carbocycles. The van der Waals surface area contributed by atoms with Gasteiger partial charge in [-0.2, -0.15) is 0 Å². The average Bonchev–Trinajstić information content (AvgIpc) is 3.18. The molecule has 5 nitrogen and oxygen atoms in total. The van der Waals surface area contributed by atoms with Crippen LogP contribution >= 0.6 is 0 Å². The molecule has 3 heterocycles. The quantitative estimate of drug-likeness (QED) is 0.729. The van der Waals surface area contributed by atoms with Crippen molar-refractivity contribution < 1.29 is 13.5 Å². The number of halogens is 1. The van der Waals surface area contributed by atoms with Gasteiger partial charge in [-0.05, 0) is 30.3 Å². The normalized spacial score (nSPS) is 14.3. The van der Waals surface area contributed by atoms with Crippen molar-refractivity contribution in [2.45, 2.75) is 19.5 Å². The Hall–Kier alpha value is -2.73. The second kappa shape index (κ2) is 6.64. The topological polar surface area (TPSA) is 51.4 Å². The van der Waals surface area contributed by atoms with Gasteiger partial charge in [0.05, 0.1) is 19.1 Å². The van der Waals surface area contributed by atoms with Gasteiger partial charge in [0.15, 0.2) is 11.6 Å². The lowest BCUT2D eigenvalue weighted by molar-refractivity contribution is 0.239. The summed E-state index contributed by atoms with van der Waals surface area (Å²) in [6.45, 7) is 2.05. The minimum atomic E-state index is -0.212. The van der Waals surface area contributed by atoms with E-state index < -0.39 is 0 Å². The Labute approximate surface area is 145 Å². The summed E-state index contributed by atoms with van der Waals surface area (Å²) in [4.78, 5) is 11.2. The predicted molar refractivity (Wildman–Crippen MR) is 90.5 cm³/mol. The maximum atomic E-state index is 14.0. The van der Waals surface area contributed by atoms with Gasteiger partial charge in [-0.3, -0.25) is 4.90 Å². The van der Waals surface area contributed by atoms with Gasteiger partial charge in [0, 0.05) is 43.4 Å². The molecule has 6 heteroatoms. The zero-order chi connectivity index (χ0) is 17.2. The number of aromatic nitrogens is 2. The average molecular weight is 339 g/mol. The van der Waals surface area contributed by atoms with Gasteiger partial charge in [0.25, 0.3) is 0 Å². The minimum Gasteiger partial charge on any atom is -0.497 e. The molecular weight excluding hydrogens is 321 g/mol. The Morgan fingerprint density at radius 3 is 3.04 bits per heavy atom. The first-order valence-electron chi connectivity index (χ1n) is 8.16. The smallest absolute Gasteiger partial charge is 0.195 e. The number of hydrogen-bond acceptors (Lipinski definition) is 5. The molecule has 0 N–H and O–H groups in total. The van der Waals surface area contributed by atoms with E-state index in [9.17, 15) is 4.39 Å². The number of methoxy groups -OCH3 is 1. The van der Waals surface area contributed by atoms with Crippen LogP contribution in [0.1, 0.15) is 16.8 Å². The Morgan fingerprint density at radius 1 is 1.32 bits per heavy atom. The molecule has 0 spiro atoms. The van der Waals surface area contributed by atoms with Crippen LogP contribution < -0.4 is 4.74 Å². The van der Waals surface area contributed by atoms with Crippen LogP contribution in [0.25, 0.3) is 11.6 Å². The van der Waals surface area contributed by atoms with Crippen molar-refractivity contribution in [3.63, 3.8) is 0 Å². The van der Waals surface area contributed by atoms with Crippen molar-refractivity contribution in [3.05, 3.63) is 65.4 Å². The zero-order valence-electron chi connectivity index (χ0n) is 13.9. The maximum Gasteiger partial charge on any atom is 0.195 e. The molecule has 25 heavy (non-hydrogen) atoms. The summed E-state index contributed by atoms with van der Waals surface area (Å²) in [6, 6.07) is 8.51. The van der Waals surface area contributed by atoms with Crippen LogP contribution in [0.15, 0.2) is 47.2 Å². The molecule has 0 atom stereocenters. The molecule has 0 saturated heterocycles. The van der Waals surface area contributed by atoms with Crippen LogP contribution in [-0.4, -0.2) is 28.5 Å². The highest BCUT2D eigenvalue weighted by Crippen LogP contribution is 2.24. The standard InChI is InChI=1S/C19H18FN3O2/c1-24-15-4-5-16(20)13(9-15)11-23-7-6-17-14(12-23)10-21-19(22-17)18-3-2-8-25-18/h2-5,8-10H,6-7,11-12H2,1H3. The molecule has 0 bridgehead atoms. The maximum absolute atomic E-state index is 14.0. The second-order valence-corrected chi connectivity index (χ2v) is 6.06. The Balaban J connectivity index is 1.52. The van der Waals surface area contributed by atoms with Gasteiger partial charge in [-0.15, -0.1) is 0 Å². The molecule has 0 amide bonds. The minimum absolute atomic E-state index is 0.212. The second-order valence-electron chi connectivity index (χ2n) is 6.06. The van der Waals surface area contributed by atoms with E-state index in [1.54, 1.807) is 25.5 Å². The molecule has 1 aromatic carbocycles. The molecule has 1 aliphatic heterocycles. The molecule has 4 rings (SSSR count). The largest absolute Gasteiger partial charge is 0.497 e. The summed E-state index contributed by atoms with van der Waals surface area (Å²) in [5.41, 5.74) is 2.74. The number of benzene rings is 1. The number of nitrogens with zero attached hydrogens (tertiary/aromatic N) is 3. The lowest BCUT2D eigenvalue weighted by Gasteiger charge is -2.28. The molecule has 0 radical (unpaired) electrons. The lowest BCUT2D eigenvalue weighted by Crippen LogP contribution is -2.31. The van der Waals surface area contributed by atoms with Crippen LogP contribution in [0.5, 0.6) is 5.75 Å². The van der Waals surface area contributed by atoms with Crippen molar-refractivity contribution in [3.8, 4) is 17.3 Å². The van der Waals surface area contributed by atoms with E-state index in [0.29, 0.717) is 36.0 Å². The lowest BCUT2D eigenvalue weighted by atomic mass is 10.1. The summed E-state index contributed by atoms with van der Waals surface area (Å²) in [7, 11) is 1.59. The molecular formula is C19H18FN3O2. The van der Waals surface area contributed by atoms with Crippen molar-refractivity contribution in [2.24, 2.45) is 0 Å². The van der Waals surface area contributed by atoms with Crippen LogP contribution in [0.3, 0.4) is 0 Å². The highest BCUT2D eigenvalue weighted by molar-refractivity contribution is 5.47. The monoisotopic (exact) mass is 339 g/mol. The molecule has 2 aromatic heterocycles. The first kappa shape index (κ1) is 15.8. The third-order valence-corrected chi connectivity index (χ3v) is 4.40.